The first-order valence-corrected chi connectivity index (χ1v) is 8.54. The Bertz CT molecular complexity index is 985. The van der Waals surface area contributed by atoms with Gasteiger partial charge >= 0.3 is 0 Å². The van der Waals surface area contributed by atoms with Gasteiger partial charge in [0.15, 0.2) is 0 Å². The minimum absolute atomic E-state index is 0.0339. The van der Waals surface area contributed by atoms with Crippen LogP contribution >= 0.6 is 0 Å². The van der Waals surface area contributed by atoms with Crippen molar-refractivity contribution in [3.63, 3.8) is 0 Å². The second-order valence-electron chi connectivity index (χ2n) is 6.41. The topological polar surface area (TPSA) is 40.7 Å². The molecule has 4 rings (SSSR count). The van der Waals surface area contributed by atoms with E-state index in [0.717, 1.165) is 11.3 Å². The van der Waals surface area contributed by atoms with Crippen LogP contribution in [0.2, 0.25) is 0 Å². The molecule has 0 amide bonds. The molecule has 0 spiro atoms. The van der Waals surface area contributed by atoms with Crippen LogP contribution in [-0.4, -0.2) is 9.97 Å². The second-order valence-corrected chi connectivity index (χ2v) is 6.41. The number of aromatic nitrogens is 2. The van der Waals surface area contributed by atoms with E-state index in [4.69, 9.17) is 0 Å². The van der Waals surface area contributed by atoms with Crippen LogP contribution in [0.25, 0.3) is 10.9 Å². The third kappa shape index (κ3) is 3.01. The maximum atomic E-state index is 4.46. The van der Waals surface area contributed by atoms with Crippen LogP contribution in [-0.2, 0) is 0 Å². The molecule has 2 aromatic heterocycles. The molecule has 25 heavy (non-hydrogen) atoms. The monoisotopic (exact) mass is 327 g/mol. The fraction of sp³-hybridized carbons (Fsp3) is 0.136. The van der Waals surface area contributed by atoms with E-state index in [-0.39, 0.29) is 6.04 Å². The van der Waals surface area contributed by atoms with Gasteiger partial charge in [0.25, 0.3) is 0 Å². The smallest absolute Gasteiger partial charge is 0.126 e. The lowest BCUT2D eigenvalue weighted by Gasteiger charge is -2.21. The first kappa shape index (κ1) is 15.5. The van der Waals surface area contributed by atoms with Gasteiger partial charge in [-0.05, 0) is 37.6 Å². The van der Waals surface area contributed by atoms with Crippen LogP contribution in [0.1, 0.15) is 28.4 Å². The summed E-state index contributed by atoms with van der Waals surface area (Å²) in [4.78, 5) is 7.97. The highest BCUT2D eigenvalue weighted by Gasteiger charge is 2.21. The molecule has 2 heterocycles. The Morgan fingerprint density at radius 3 is 2.40 bits per heavy atom. The van der Waals surface area contributed by atoms with Crippen LogP contribution < -0.4 is 5.32 Å². The molecule has 2 aromatic carbocycles. The molecule has 0 saturated carbocycles. The summed E-state index contributed by atoms with van der Waals surface area (Å²) >= 11 is 0. The Balaban J connectivity index is 1.87. The summed E-state index contributed by atoms with van der Waals surface area (Å²) in [6.07, 6.45) is 1.82. The molecule has 4 aromatic rings. The van der Waals surface area contributed by atoms with Crippen LogP contribution in [0, 0.1) is 13.8 Å². The summed E-state index contributed by atoms with van der Waals surface area (Å²) in [5, 5.41) is 4.86. The largest absolute Gasteiger partial charge is 0.359 e. The SMILES string of the molecule is Cc1ccc([C@@H](Nc2ccccn2)c2c(C)[nH]c3ccccc23)cc1. The third-order valence-electron chi connectivity index (χ3n) is 4.60. The molecular weight excluding hydrogens is 306 g/mol. The molecule has 0 radical (unpaired) electrons. The maximum absolute atomic E-state index is 4.46. The number of para-hydroxylation sites is 1. The molecule has 1 atom stereocenters. The van der Waals surface area contributed by atoms with Gasteiger partial charge in [-0.25, -0.2) is 4.98 Å². The summed E-state index contributed by atoms with van der Waals surface area (Å²) in [6, 6.07) is 23.1. The number of anilines is 1. The van der Waals surface area contributed by atoms with Crippen molar-refractivity contribution < 1.29 is 0 Å². The number of hydrogen-bond donors (Lipinski definition) is 2. The molecular formula is C22H21N3. The predicted molar refractivity (Wildman–Crippen MR) is 104 cm³/mol. The maximum Gasteiger partial charge on any atom is 0.126 e. The normalized spacial score (nSPS) is 12.2. The Morgan fingerprint density at radius 2 is 1.64 bits per heavy atom. The fourth-order valence-electron chi connectivity index (χ4n) is 3.35. The second kappa shape index (κ2) is 6.44. The van der Waals surface area contributed by atoms with Gasteiger partial charge in [-0.2, -0.15) is 0 Å². The Morgan fingerprint density at radius 1 is 0.880 bits per heavy atom. The summed E-state index contributed by atoms with van der Waals surface area (Å²) < 4.78 is 0. The zero-order chi connectivity index (χ0) is 17.2. The summed E-state index contributed by atoms with van der Waals surface area (Å²) in [5.41, 5.74) is 6.09. The lowest BCUT2D eigenvalue weighted by Crippen LogP contribution is -2.14. The lowest BCUT2D eigenvalue weighted by molar-refractivity contribution is 0.921. The molecule has 2 N–H and O–H groups in total. The van der Waals surface area contributed by atoms with Gasteiger partial charge in [0.05, 0.1) is 6.04 Å². The van der Waals surface area contributed by atoms with E-state index in [1.807, 2.05) is 24.4 Å². The van der Waals surface area contributed by atoms with Gasteiger partial charge < -0.3 is 10.3 Å². The van der Waals surface area contributed by atoms with Crippen molar-refractivity contribution in [3.8, 4) is 0 Å². The van der Waals surface area contributed by atoms with Crippen LogP contribution in [0.5, 0.6) is 0 Å². The van der Waals surface area contributed by atoms with E-state index in [0.29, 0.717) is 0 Å². The summed E-state index contributed by atoms with van der Waals surface area (Å²) in [5.74, 6) is 0.873. The van der Waals surface area contributed by atoms with Crippen molar-refractivity contribution in [1.29, 1.82) is 0 Å². The van der Waals surface area contributed by atoms with Crippen molar-refractivity contribution in [1.82, 2.24) is 9.97 Å². The molecule has 0 aliphatic heterocycles. The molecule has 0 aliphatic carbocycles. The fourth-order valence-corrected chi connectivity index (χ4v) is 3.35. The van der Waals surface area contributed by atoms with Crippen LogP contribution in [0.15, 0.2) is 72.9 Å². The van der Waals surface area contributed by atoms with E-state index in [9.17, 15) is 0 Å². The molecule has 0 aliphatic rings. The zero-order valence-electron chi connectivity index (χ0n) is 14.5. The molecule has 3 nitrogen and oxygen atoms in total. The third-order valence-corrected chi connectivity index (χ3v) is 4.60. The van der Waals surface area contributed by atoms with Crippen molar-refractivity contribution in [2.75, 3.05) is 5.32 Å². The number of nitrogens with zero attached hydrogens (tertiary/aromatic N) is 1. The Kier molecular flexibility index (Phi) is 3.98. The van der Waals surface area contributed by atoms with Crippen molar-refractivity contribution in [2.45, 2.75) is 19.9 Å². The molecule has 0 unspecified atom stereocenters. The Labute approximate surface area is 147 Å². The predicted octanol–water partition coefficient (Wildman–Crippen LogP) is 5.38. The highest BCUT2D eigenvalue weighted by molar-refractivity contribution is 5.86. The van der Waals surface area contributed by atoms with E-state index >= 15 is 0 Å². The minimum Gasteiger partial charge on any atom is -0.359 e. The first-order valence-electron chi connectivity index (χ1n) is 8.54. The van der Waals surface area contributed by atoms with Gasteiger partial charge in [0.1, 0.15) is 5.82 Å². The van der Waals surface area contributed by atoms with Crippen molar-refractivity contribution in [2.24, 2.45) is 0 Å². The van der Waals surface area contributed by atoms with E-state index in [1.54, 1.807) is 0 Å². The average molecular weight is 327 g/mol. The van der Waals surface area contributed by atoms with Gasteiger partial charge in [0, 0.05) is 28.4 Å². The molecule has 0 saturated heterocycles. The standard InChI is InChI=1S/C22H21N3/c1-15-10-12-17(13-11-15)22(25-20-9-5-6-14-23-20)21-16(2)24-19-8-4-3-7-18(19)21/h3-14,22,24H,1-2H3,(H,23,25)/t22-/m1/s1. The lowest BCUT2D eigenvalue weighted by atomic mass is 9.95. The average Bonchev–Trinajstić information content (AvgIpc) is 2.97. The highest BCUT2D eigenvalue weighted by Crippen LogP contribution is 2.34. The van der Waals surface area contributed by atoms with E-state index in [1.165, 1.54) is 27.8 Å². The van der Waals surface area contributed by atoms with Crippen LogP contribution in [0.4, 0.5) is 5.82 Å². The van der Waals surface area contributed by atoms with E-state index in [2.05, 4.69) is 77.7 Å². The van der Waals surface area contributed by atoms with E-state index < -0.39 is 0 Å². The van der Waals surface area contributed by atoms with Crippen molar-refractivity contribution in [3.05, 3.63) is 95.3 Å². The van der Waals surface area contributed by atoms with Gasteiger partial charge in [-0.3, -0.25) is 0 Å². The summed E-state index contributed by atoms with van der Waals surface area (Å²) in [6.45, 7) is 4.25. The number of pyridine rings is 1. The number of aromatic amines is 1. The number of aryl methyl sites for hydroxylation is 2. The molecule has 0 fully saturated rings. The first-order chi connectivity index (χ1) is 12.2. The number of H-pyrrole nitrogens is 1. The number of rotatable bonds is 4. The van der Waals surface area contributed by atoms with Gasteiger partial charge in [0.2, 0.25) is 0 Å². The van der Waals surface area contributed by atoms with Gasteiger partial charge in [-0.15, -0.1) is 0 Å². The number of benzene rings is 2. The van der Waals surface area contributed by atoms with Crippen LogP contribution in [0.3, 0.4) is 0 Å². The van der Waals surface area contributed by atoms with Crippen molar-refractivity contribution >= 4 is 16.7 Å². The number of fused-ring (bicyclic) bond motifs is 1. The molecule has 0 bridgehead atoms. The Hall–Kier alpha value is -3.07. The highest BCUT2D eigenvalue weighted by atomic mass is 15.0. The summed E-state index contributed by atoms with van der Waals surface area (Å²) in [7, 11) is 0. The quantitative estimate of drug-likeness (QED) is 0.528. The molecule has 124 valence electrons. The molecule has 3 heteroatoms. The zero-order valence-corrected chi connectivity index (χ0v) is 14.5. The number of hydrogen-bond acceptors (Lipinski definition) is 2. The van der Waals surface area contributed by atoms with Gasteiger partial charge in [-0.1, -0.05) is 54.1 Å². The number of nitrogens with one attached hydrogen (secondary N) is 2. The minimum atomic E-state index is 0.0339.